The highest BCUT2D eigenvalue weighted by Gasteiger charge is 2.13. The van der Waals surface area contributed by atoms with E-state index >= 15 is 0 Å². The van der Waals surface area contributed by atoms with Crippen LogP contribution in [0.3, 0.4) is 0 Å². The highest BCUT2D eigenvalue weighted by atomic mass is 16.6. The Morgan fingerprint density at radius 2 is 1.92 bits per heavy atom. The van der Waals surface area contributed by atoms with Crippen molar-refractivity contribution in [2.45, 2.75) is 26.3 Å². The third-order valence-electron chi connectivity index (χ3n) is 3.28. The van der Waals surface area contributed by atoms with Crippen LogP contribution in [0.4, 0.5) is 4.79 Å². The Bertz CT molecular complexity index is 661. The molecule has 0 saturated carbocycles. The first-order valence-corrected chi connectivity index (χ1v) is 7.91. The number of carbonyl (C=O) groups excluding carboxylic acids is 4. The molecule has 0 unspecified atom stereocenters. The fourth-order valence-electron chi connectivity index (χ4n) is 1.73. The van der Waals surface area contributed by atoms with Gasteiger partial charge in [0.2, 0.25) is 0 Å². The molecule has 0 aliphatic carbocycles. The summed E-state index contributed by atoms with van der Waals surface area (Å²) in [5, 5.41) is 4.59. The number of esters is 1. The lowest BCUT2D eigenvalue weighted by Crippen LogP contribution is -2.44. The summed E-state index contributed by atoms with van der Waals surface area (Å²) in [6.07, 6.45) is 1.36. The molecule has 0 radical (unpaired) electrons. The van der Waals surface area contributed by atoms with Crippen molar-refractivity contribution in [2.75, 3.05) is 20.3 Å². The summed E-state index contributed by atoms with van der Waals surface area (Å²) in [7, 11) is 1.39. The van der Waals surface area contributed by atoms with Gasteiger partial charge >= 0.3 is 12.0 Å². The van der Waals surface area contributed by atoms with E-state index in [0.29, 0.717) is 18.3 Å². The van der Waals surface area contributed by atoms with Crippen LogP contribution in [0, 0.1) is 0 Å². The number of methoxy groups -OCH3 is 1. The maximum atomic E-state index is 11.6. The standard InChI is InChI=1S/C17H22N2O7/c1-4-11(2)18-17(23)19-15(21)9-26-16(22)10-25-13-6-5-12(8-20)7-14(13)24-3/h5-8,11H,4,9-10H2,1-3H3,(H2,18,19,21,23)/t11-/m1/s1. The lowest BCUT2D eigenvalue weighted by Gasteiger charge is -2.12. The Morgan fingerprint density at radius 1 is 1.19 bits per heavy atom. The molecule has 9 heteroatoms. The van der Waals surface area contributed by atoms with Gasteiger partial charge in [0.15, 0.2) is 24.7 Å². The summed E-state index contributed by atoms with van der Waals surface area (Å²) in [6.45, 7) is 2.59. The molecule has 1 atom stereocenters. The smallest absolute Gasteiger partial charge is 0.344 e. The molecule has 142 valence electrons. The molecule has 1 aromatic rings. The largest absolute Gasteiger partial charge is 0.493 e. The number of rotatable bonds is 9. The maximum Gasteiger partial charge on any atom is 0.344 e. The number of nitrogens with one attached hydrogen (secondary N) is 2. The topological polar surface area (TPSA) is 120 Å². The fraction of sp³-hybridized carbons (Fsp3) is 0.412. The Balaban J connectivity index is 2.40. The Kier molecular flexibility index (Phi) is 8.62. The Morgan fingerprint density at radius 3 is 2.54 bits per heavy atom. The summed E-state index contributed by atoms with van der Waals surface area (Å²) in [4.78, 5) is 45.3. The lowest BCUT2D eigenvalue weighted by atomic mass is 10.2. The van der Waals surface area contributed by atoms with Crippen LogP contribution in [0.15, 0.2) is 18.2 Å². The number of benzene rings is 1. The molecule has 1 rings (SSSR count). The minimum atomic E-state index is -0.802. The zero-order chi connectivity index (χ0) is 19.5. The van der Waals surface area contributed by atoms with E-state index < -0.39 is 31.1 Å². The summed E-state index contributed by atoms with van der Waals surface area (Å²) in [6, 6.07) is 3.69. The summed E-state index contributed by atoms with van der Waals surface area (Å²) in [5.41, 5.74) is 0.393. The molecule has 3 amide bonds. The molecule has 0 saturated heterocycles. The van der Waals surface area contributed by atoms with E-state index in [4.69, 9.17) is 14.2 Å². The van der Waals surface area contributed by atoms with Crippen molar-refractivity contribution in [1.82, 2.24) is 10.6 Å². The van der Waals surface area contributed by atoms with Gasteiger partial charge in [-0.05, 0) is 31.5 Å². The van der Waals surface area contributed by atoms with E-state index in [1.807, 2.05) is 12.2 Å². The predicted molar refractivity (Wildman–Crippen MR) is 91.3 cm³/mol. The molecule has 26 heavy (non-hydrogen) atoms. The number of hydrogen-bond donors (Lipinski definition) is 2. The van der Waals surface area contributed by atoms with Gasteiger partial charge in [0.1, 0.15) is 6.29 Å². The van der Waals surface area contributed by atoms with E-state index in [1.165, 1.54) is 25.3 Å². The van der Waals surface area contributed by atoms with E-state index in [9.17, 15) is 19.2 Å². The first-order valence-electron chi connectivity index (χ1n) is 7.91. The van der Waals surface area contributed by atoms with Gasteiger partial charge in [-0.1, -0.05) is 6.92 Å². The van der Waals surface area contributed by atoms with Gasteiger partial charge in [-0.15, -0.1) is 0 Å². The Hall–Kier alpha value is -3.10. The summed E-state index contributed by atoms with van der Waals surface area (Å²) < 4.78 is 15.0. The van der Waals surface area contributed by atoms with Crippen LogP contribution in [-0.4, -0.2) is 50.6 Å². The van der Waals surface area contributed by atoms with Crippen LogP contribution in [0.5, 0.6) is 11.5 Å². The molecule has 0 spiro atoms. The summed E-state index contributed by atoms with van der Waals surface area (Å²) in [5.74, 6) is -1.04. The van der Waals surface area contributed by atoms with Crippen LogP contribution >= 0.6 is 0 Å². The van der Waals surface area contributed by atoms with Crippen LogP contribution in [0.1, 0.15) is 30.6 Å². The lowest BCUT2D eigenvalue weighted by molar-refractivity contribution is -0.150. The number of imide groups is 1. The average molecular weight is 366 g/mol. The van der Waals surface area contributed by atoms with Crippen molar-refractivity contribution in [1.29, 1.82) is 0 Å². The fourth-order valence-corrected chi connectivity index (χ4v) is 1.73. The highest BCUT2D eigenvalue weighted by molar-refractivity contribution is 5.95. The average Bonchev–Trinajstić information content (AvgIpc) is 2.64. The molecule has 0 aliphatic heterocycles. The zero-order valence-corrected chi connectivity index (χ0v) is 14.9. The second kappa shape index (κ2) is 10.7. The van der Waals surface area contributed by atoms with E-state index in [0.717, 1.165) is 0 Å². The third kappa shape index (κ3) is 7.20. The summed E-state index contributed by atoms with van der Waals surface area (Å²) >= 11 is 0. The van der Waals surface area contributed by atoms with Gasteiger partial charge in [-0.2, -0.15) is 0 Å². The quantitative estimate of drug-likeness (QED) is 0.495. The number of amides is 3. The first kappa shape index (κ1) is 20.9. The van der Waals surface area contributed by atoms with Gasteiger partial charge in [-0.25, -0.2) is 9.59 Å². The van der Waals surface area contributed by atoms with Crippen LogP contribution in [0.25, 0.3) is 0 Å². The second-order valence-corrected chi connectivity index (χ2v) is 5.31. The minimum Gasteiger partial charge on any atom is -0.493 e. The molecular weight excluding hydrogens is 344 g/mol. The molecule has 0 aromatic heterocycles. The SMILES string of the molecule is CC[C@@H](C)NC(=O)NC(=O)COC(=O)COc1ccc(C=O)cc1OC. The number of urea groups is 1. The van der Waals surface area contributed by atoms with Crippen molar-refractivity contribution >= 4 is 24.2 Å². The van der Waals surface area contributed by atoms with Crippen molar-refractivity contribution in [3.8, 4) is 11.5 Å². The molecule has 0 aliphatic rings. The van der Waals surface area contributed by atoms with Crippen molar-refractivity contribution in [2.24, 2.45) is 0 Å². The molecular formula is C17H22N2O7. The van der Waals surface area contributed by atoms with Gasteiger partial charge < -0.3 is 19.5 Å². The number of hydrogen-bond acceptors (Lipinski definition) is 7. The van der Waals surface area contributed by atoms with E-state index in [2.05, 4.69) is 5.32 Å². The predicted octanol–water partition coefficient (Wildman–Crippen LogP) is 1.05. The molecule has 0 bridgehead atoms. The number of ether oxygens (including phenoxy) is 3. The highest BCUT2D eigenvalue weighted by Crippen LogP contribution is 2.27. The third-order valence-corrected chi connectivity index (χ3v) is 3.28. The van der Waals surface area contributed by atoms with Crippen molar-refractivity contribution < 1.29 is 33.4 Å². The van der Waals surface area contributed by atoms with Gasteiger partial charge in [0.05, 0.1) is 7.11 Å². The van der Waals surface area contributed by atoms with E-state index in [-0.39, 0.29) is 17.5 Å². The van der Waals surface area contributed by atoms with E-state index in [1.54, 1.807) is 6.92 Å². The van der Waals surface area contributed by atoms with Crippen LogP contribution in [0.2, 0.25) is 0 Å². The molecule has 0 heterocycles. The first-order chi connectivity index (χ1) is 12.4. The van der Waals surface area contributed by atoms with Crippen LogP contribution < -0.4 is 20.1 Å². The van der Waals surface area contributed by atoms with Gasteiger partial charge in [-0.3, -0.25) is 14.9 Å². The van der Waals surface area contributed by atoms with Gasteiger partial charge in [0.25, 0.3) is 5.91 Å². The molecule has 0 fully saturated rings. The molecule has 2 N–H and O–H groups in total. The van der Waals surface area contributed by atoms with Crippen molar-refractivity contribution in [3.63, 3.8) is 0 Å². The van der Waals surface area contributed by atoms with Gasteiger partial charge in [0, 0.05) is 11.6 Å². The second-order valence-electron chi connectivity index (χ2n) is 5.31. The zero-order valence-electron chi connectivity index (χ0n) is 14.9. The number of carbonyl (C=O) groups is 4. The Labute approximate surface area is 151 Å². The molecule has 1 aromatic carbocycles. The molecule has 9 nitrogen and oxygen atoms in total. The number of aldehydes is 1. The minimum absolute atomic E-state index is 0.0840. The van der Waals surface area contributed by atoms with Crippen LogP contribution in [-0.2, 0) is 14.3 Å². The normalized spacial score (nSPS) is 11.0. The monoisotopic (exact) mass is 366 g/mol. The maximum absolute atomic E-state index is 11.6. The van der Waals surface area contributed by atoms with Crippen molar-refractivity contribution in [3.05, 3.63) is 23.8 Å².